The van der Waals surface area contributed by atoms with Crippen molar-refractivity contribution in [3.05, 3.63) is 12.4 Å². The first kappa shape index (κ1) is 13.0. The van der Waals surface area contributed by atoms with E-state index in [1.165, 1.54) is 25.7 Å². The minimum Gasteiger partial charge on any atom is -0.367 e. The van der Waals surface area contributed by atoms with Crippen molar-refractivity contribution in [1.29, 1.82) is 0 Å². The van der Waals surface area contributed by atoms with Crippen molar-refractivity contribution in [3.63, 3.8) is 0 Å². The minimum atomic E-state index is 0.464. The Labute approximate surface area is 112 Å². The molecule has 0 amide bonds. The second-order valence-corrected chi connectivity index (χ2v) is 5.53. The number of nitrogens with zero attached hydrogens (tertiary/aromatic N) is 2. The summed E-state index contributed by atoms with van der Waals surface area (Å²) in [5, 5.41) is 4.51. The number of thioether (sulfide) groups is 1. The van der Waals surface area contributed by atoms with Crippen LogP contribution in [-0.2, 0) is 0 Å². The summed E-state index contributed by atoms with van der Waals surface area (Å²) < 4.78 is 0. The van der Waals surface area contributed by atoms with Crippen LogP contribution in [0.4, 0.5) is 5.82 Å². The van der Waals surface area contributed by atoms with E-state index in [9.17, 15) is 0 Å². The molecule has 1 heterocycles. The lowest BCUT2D eigenvalue weighted by Gasteiger charge is -2.31. The molecular weight excluding hydrogens is 254 g/mol. The number of halogens is 1. The van der Waals surface area contributed by atoms with Crippen LogP contribution in [0.2, 0.25) is 0 Å². The van der Waals surface area contributed by atoms with Crippen molar-refractivity contribution < 1.29 is 0 Å². The second-order valence-electron chi connectivity index (χ2n) is 4.40. The van der Waals surface area contributed by atoms with Crippen LogP contribution in [0.1, 0.15) is 25.7 Å². The minimum absolute atomic E-state index is 0.464. The summed E-state index contributed by atoms with van der Waals surface area (Å²) in [4.78, 5) is 8.45. The van der Waals surface area contributed by atoms with E-state index in [1.807, 2.05) is 12.3 Å². The lowest BCUT2D eigenvalue weighted by atomic mass is 9.86. The van der Waals surface area contributed by atoms with Crippen molar-refractivity contribution in [2.75, 3.05) is 17.5 Å². The maximum absolute atomic E-state index is 6.02. The molecular formula is C12H18ClN3S. The van der Waals surface area contributed by atoms with Crippen LogP contribution in [0.5, 0.6) is 0 Å². The Bertz CT molecular complexity index is 361. The van der Waals surface area contributed by atoms with Gasteiger partial charge in [0.2, 0.25) is 0 Å². The van der Waals surface area contributed by atoms with Crippen LogP contribution >= 0.6 is 23.4 Å². The Balaban J connectivity index is 2.02. The molecule has 1 N–H and O–H groups in total. The van der Waals surface area contributed by atoms with Gasteiger partial charge in [-0.1, -0.05) is 12.8 Å². The predicted molar refractivity (Wildman–Crippen MR) is 73.9 cm³/mol. The number of nitrogens with one attached hydrogen (secondary N) is 1. The average molecular weight is 272 g/mol. The van der Waals surface area contributed by atoms with Crippen molar-refractivity contribution in [2.45, 2.75) is 36.8 Å². The molecule has 3 nitrogen and oxygen atoms in total. The van der Waals surface area contributed by atoms with Crippen LogP contribution in [0.25, 0.3) is 0 Å². The molecule has 0 aliphatic heterocycles. The van der Waals surface area contributed by atoms with Gasteiger partial charge in [-0.2, -0.15) is 0 Å². The summed E-state index contributed by atoms with van der Waals surface area (Å²) in [7, 11) is 0. The lowest BCUT2D eigenvalue weighted by molar-refractivity contribution is 0.352. The number of anilines is 1. The van der Waals surface area contributed by atoms with Gasteiger partial charge in [0.05, 0.1) is 0 Å². The van der Waals surface area contributed by atoms with E-state index >= 15 is 0 Å². The summed E-state index contributed by atoms with van der Waals surface area (Å²) >= 11 is 7.66. The monoisotopic (exact) mass is 271 g/mol. The Hall–Kier alpha value is -0.480. The number of rotatable bonds is 4. The first-order valence-electron chi connectivity index (χ1n) is 6.02. The van der Waals surface area contributed by atoms with Crippen LogP contribution < -0.4 is 5.32 Å². The molecule has 1 aromatic rings. The molecule has 1 aliphatic rings. The van der Waals surface area contributed by atoms with Gasteiger partial charge >= 0.3 is 0 Å². The van der Waals surface area contributed by atoms with E-state index in [-0.39, 0.29) is 0 Å². The average Bonchev–Trinajstić information content (AvgIpc) is 2.39. The van der Waals surface area contributed by atoms with Gasteiger partial charge in [0, 0.05) is 18.0 Å². The van der Waals surface area contributed by atoms with E-state index in [4.69, 9.17) is 11.6 Å². The SMILES string of the molecule is CSc1cc(NC2CCCCC2CCl)ncn1. The Morgan fingerprint density at radius 2 is 2.24 bits per heavy atom. The molecule has 5 heteroatoms. The van der Waals surface area contributed by atoms with Gasteiger partial charge in [0.1, 0.15) is 17.2 Å². The van der Waals surface area contributed by atoms with Crippen LogP contribution in [0, 0.1) is 5.92 Å². The fraction of sp³-hybridized carbons (Fsp3) is 0.667. The Kier molecular flexibility index (Phi) is 4.92. The summed E-state index contributed by atoms with van der Waals surface area (Å²) in [6, 6.07) is 2.47. The van der Waals surface area contributed by atoms with Crippen molar-refractivity contribution in [3.8, 4) is 0 Å². The third-order valence-electron chi connectivity index (χ3n) is 3.29. The Morgan fingerprint density at radius 1 is 1.41 bits per heavy atom. The van der Waals surface area contributed by atoms with Crippen molar-refractivity contribution in [1.82, 2.24) is 9.97 Å². The maximum Gasteiger partial charge on any atom is 0.130 e. The molecule has 0 aromatic carbocycles. The predicted octanol–water partition coefficient (Wildman–Crippen LogP) is 3.41. The van der Waals surface area contributed by atoms with Gasteiger partial charge in [-0.25, -0.2) is 9.97 Å². The molecule has 1 aliphatic carbocycles. The van der Waals surface area contributed by atoms with E-state index < -0.39 is 0 Å². The number of hydrogen-bond acceptors (Lipinski definition) is 4. The summed E-state index contributed by atoms with van der Waals surface area (Å²) in [6.07, 6.45) is 8.64. The van der Waals surface area contributed by atoms with Crippen molar-refractivity contribution in [2.24, 2.45) is 5.92 Å². The number of alkyl halides is 1. The highest BCUT2D eigenvalue weighted by Gasteiger charge is 2.24. The normalized spacial score (nSPS) is 24.6. The van der Waals surface area contributed by atoms with Crippen LogP contribution in [0.3, 0.4) is 0 Å². The molecule has 1 saturated carbocycles. The third-order valence-corrected chi connectivity index (χ3v) is 4.33. The van der Waals surface area contributed by atoms with E-state index in [1.54, 1.807) is 18.1 Å². The molecule has 2 atom stereocenters. The molecule has 0 spiro atoms. The van der Waals surface area contributed by atoms with Gasteiger partial charge in [-0.3, -0.25) is 0 Å². The Morgan fingerprint density at radius 3 is 3.00 bits per heavy atom. The standard InChI is InChI=1S/C12H18ClN3S/c1-17-12-6-11(14-8-15-12)16-10-5-3-2-4-9(10)7-13/h6,8-10H,2-5,7H2,1H3,(H,14,15,16). The zero-order chi connectivity index (χ0) is 12.1. The fourth-order valence-electron chi connectivity index (χ4n) is 2.30. The fourth-order valence-corrected chi connectivity index (χ4v) is 3.05. The van der Waals surface area contributed by atoms with Gasteiger partial charge in [0.25, 0.3) is 0 Å². The van der Waals surface area contributed by atoms with E-state index in [0.717, 1.165) is 16.7 Å². The summed E-state index contributed by atoms with van der Waals surface area (Å²) in [5.74, 6) is 2.22. The molecule has 0 saturated heterocycles. The first-order chi connectivity index (χ1) is 8.33. The quantitative estimate of drug-likeness (QED) is 0.517. The van der Waals surface area contributed by atoms with Crippen LogP contribution in [-0.4, -0.2) is 28.1 Å². The highest BCUT2D eigenvalue weighted by molar-refractivity contribution is 7.98. The van der Waals surface area contributed by atoms with Gasteiger partial charge in [0.15, 0.2) is 0 Å². The molecule has 17 heavy (non-hydrogen) atoms. The third kappa shape index (κ3) is 3.49. The van der Waals surface area contributed by atoms with Crippen LogP contribution in [0.15, 0.2) is 17.4 Å². The highest BCUT2D eigenvalue weighted by Crippen LogP contribution is 2.28. The molecule has 2 rings (SSSR count). The van der Waals surface area contributed by atoms with Gasteiger partial charge < -0.3 is 5.32 Å². The second kappa shape index (κ2) is 6.45. The zero-order valence-electron chi connectivity index (χ0n) is 10.0. The van der Waals surface area contributed by atoms with E-state index in [2.05, 4.69) is 15.3 Å². The van der Waals surface area contributed by atoms with E-state index in [0.29, 0.717) is 12.0 Å². The van der Waals surface area contributed by atoms with Gasteiger partial charge in [-0.05, 0) is 25.0 Å². The molecule has 2 unspecified atom stereocenters. The molecule has 1 fully saturated rings. The number of aromatic nitrogens is 2. The zero-order valence-corrected chi connectivity index (χ0v) is 11.6. The summed E-state index contributed by atoms with van der Waals surface area (Å²) in [6.45, 7) is 0. The number of hydrogen-bond donors (Lipinski definition) is 1. The largest absolute Gasteiger partial charge is 0.367 e. The van der Waals surface area contributed by atoms with Gasteiger partial charge in [-0.15, -0.1) is 23.4 Å². The summed E-state index contributed by atoms with van der Waals surface area (Å²) in [5.41, 5.74) is 0. The molecule has 0 bridgehead atoms. The lowest BCUT2D eigenvalue weighted by Crippen LogP contribution is -2.33. The molecule has 1 aromatic heterocycles. The molecule has 94 valence electrons. The maximum atomic E-state index is 6.02. The molecule has 0 radical (unpaired) electrons. The topological polar surface area (TPSA) is 37.8 Å². The smallest absolute Gasteiger partial charge is 0.130 e. The first-order valence-corrected chi connectivity index (χ1v) is 7.78. The van der Waals surface area contributed by atoms with Crippen molar-refractivity contribution >= 4 is 29.2 Å². The highest BCUT2D eigenvalue weighted by atomic mass is 35.5.